The van der Waals surface area contributed by atoms with Crippen LogP contribution in [0, 0.1) is 11.6 Å². The molecule has 0 aliphatic carbocycles. The molecule has 0 spiro atoms. The second kappa shape index (κ2) is 7.76. The van der Waals surface area contributed by atoms with E-state index in [1.807, 2.05) is 0 Å². The van der Waals surface area contributed by atoms with E-state index in [4.69, 9.17) is 5.11 Å². The van der Waals surface area contributed by atoms with Crippen molar-refractivity contribution in [2.45, 2.75) is 25.7 Å². The summed E-state index contributed by atoms with van der Waals surface area (Å²) in [5.41, 5.74) is 0.743. The lowest BCUT2D eigenvalue weighted by Crippen LogP contribution is -2.18. The maximum atomic E-state index is 12.9. The van der Waals surface area contributed by atoms with Crippen molar-refractivity contribution in [1.29, 1.82) is 0 Å². The molecule has 0 fully saturated rings. The van der Waals surface area contributed by atoms with Gasteiger partial charge in [-0.05, 0) is 50.0 Å². The molecule has 0 bridgehead atoms. The van der Waals surface area contributed by atoms with E-state index in [0.29, 0.717) is 19.4 Å². The van der Waals surface area contributed by atoms with Crippen molar-refractivity contribution in [1.82, 2.24) is 5.32 Å². The normalized spacial score (nSPS) is 10.6. The summed E-state index contributed by atoms with van der Waals surface area (Å²) < 4.78 is 25.5. The van der Waals surface area contributed by atoms with Crippen LogP contribution in [0.25, 0.3) is 0 Å². The molecule has 0 radical (unpaired) electrons. The maximum Gasteiger partial charge on any atom is 0.303 e. The SMILES string of the molecule is O=C(O)CCCCNCCc1ccc(F)c(F)c1. The van der Waals surface area contributed by atoms with E-state index in [9.17, 15) is 13.6 Å². The summed E-state index contributed by atoms with van der Waals surface area (Å²) in [7, 11) is 0. The Morgan fingerprint density at radius 3 is 2.61 bits per heavy atom. The van der Waals surface area contributed by atoms with Crippen LogP contribution in [0.5, 0.6) is 0 Å². The first-order chi connectivity index (χ1) is 8.59. The van der Waals surface area contributed by atoms with Crippen molar-refractivity contribution < 1.29 is 18.7 Å². The molecule has 1 aromatic carbocycles. The molecule has 3 nitrogen and oxygen atoms in total. The molecule has 2 N–H and O–H groups in total. The second-order valence-corrected chi connectivity index (χ2v) is 4.10. The molecule has 0 aromatic heterocycles. The summed E-state index contributed by atoms with van der Waals surface area (Å²) in [4.78, 5) is 10.2. The third-order valence-electron chi connectivity index (χ3n) is 2.57. The lowest BCUT2D eigenvalue weighted by atomic mass is 10.1. The van der Waals surface area contributed by atoms with E-state index in [1.54, 1.807) is 6.07 Å². The molecule has 0 aliphatic heterocycles. The van der Waals surface area contributed by atoms with E-state index >= 15 is 0 Å². The minimum atomic E-state index is -0.833. The van der Waals surface area contributed by atoms with E-state index in [1.165, 1.54) is 6.07 Å². The zero-order valence-corrected chi connectivity index (χ0v) is 10.1. The highest BCUT2D eigenvalue weighted by molar-refractivity contribution is 5.66. The number of aliphatic carboxylic acids is 1. The van der Waals surface area contributed by atoms with Crippen molar-refractivity contribution in [2.75, 3.05) is 13.1 Å². The first-order valence-electron chi connectivity index (χ1n) is 5.96. The van der Waals surface area contributed by atoms with Gasteiger partial charge in [-0.25, -0.2) is 8.78 Å². The maximum absolute atomic E-state index is 12.9. The minimum Gasteiger partial charge on any atom is -0.481 e. The Morgan fingerprint density at radius 1 is 1.17 bits per heavy atom. The topological polar surface area (TPSA) is 49.3 Å². The minimum absolute atomic E-state index is 0.185. The molecular formula is C13H17F2NO2. The summed E-state index contributed by atoms with van der Waals surface area (Å²) in [6.45, 7) is 1.40. The molecule has 5 heteroatoms. The summed E-state index contributed by atoms with van der Waals surface area (Å²) in [6, 6.07) is 3.88. The fraction of sp³-hybridized carbons (Fsp3) is 0.462. The molecule has 0 heterocycles. The predicted molar refractivity (Wildman–Crippen MR) is 64.4 cm³/mol. The zero-order valence-electron chi connectivity index (χ0n) is 10.1. The Morgan fingerprint density at radius 2 is 1.94 bits per heavy atom. The van der Waals surface area contributed by atoms with Gasteiger partial charge in [-0.3, -0.25) is 4.79 Å². The van der Waals surface area contributed by atoms with Gasteiger partial charge in [0.25, 0.3) is 0 Å². The van der Waals surface area contributed by atoms with Crippen LogP contribution in [0.4, 0.5) is 8.78 Å². The average molecular weight is 257 g/mol. The summed E-state index contributed by atoms with van der Waals surface area (Å²) >= 11 is 0. The number of carboxylic acid groups (broad SMARTS) is 1. The van der Waals surface area contributed by atoms with E-state index < -0.39 is 17.6 Å². The first-order valence-corrected chi connectivity index (χ1v) is 5.96. The summed E-state index contributed by atoms with van der Waals surface area (Å²) in [5.74, 6) is -2.44. The Hall–Kier alpha value is -1.49. The van der Waals surface area contributed by atoms with Crippen molar-refractivity contribution in [2.24, 2.45) is 0 Å². The molecule has 0 unspecified atom stereocenters. The molecular weight excluding hydrogens is 240 g/mol. The van der Waals surface area contributed by atoms with Crippen molar-refractivity contribution in [3.8, 4) is 0 Å². The Labute approximate surface area is 105 Å². The number of unbranched alkanes of at least 4 members (excludes halogenated alkanes) is 1. The molecule has 0 aliphatic rings. The van der Waals surface area contributed by atoms with Gasteiger partial charge in [-0.1, -0.05) is 6.07 Å². The first kappa shape index (κ1) is 14.6. The molecule has 0 saturated carbocycles. The van der Waals surface area contributed by atoms with Crippen LogP contribution in [0.15, 0.2) is 18.2 Å². The van der Waals surface area contributed by atoms with Gasteiger partial charge in [0.2, 0.25) is 0 Å². The van der Waals surface area contributed by atoms with Gasteiger partial charge < -0.3 is 10.4 Å². The molecule has 18 heavy (non-hydrogen) atoms. The van der Waals surface area contributed by atoms with Crippen LogP contribution in [0.2, 0.25) is 0 Å². The number of carbonyl (C=O) groups is 1. The van der Waals surface area contributed by atoms with Gasteiger partial charge in [0.05, 0.1) is 0 Å². The Balaban J connectivity index is 2.10. The van der Waals surface area contributed by atoms with Gasteiger partial charge in [0, 0.05) is 6.42 Å². The smallest absolute Gasteiger partial charge is 0.303 e. The third-order valence-corrected chi connectivity index (χ3v) is 2.57. The van der Waals surface area contributed by atoms with Gasteiger partial charge in [0.15, 0.2) is 11.6 Å². The van der Waals surface area contributed by atoms with Gasteiger partial charge in [-0.15, -0.1) is 0 Å². The number of hydrogen-bond acceptors (Lipinski definition) is 2. The largest absolute Gasteiger partial charge is 0.481 e. The zero-order chi connectivity index (χ0) is 13.4. The highest BCUT2D eigenvalue weighted by Crippen LogP contribution is 2.08. The average Bonchev–Trinajstić information content (AvgIpc) is 2.32. The Kier molecular flexibility index (Phi) is 6.28. The van der Waals surface area contributed by atoms with Crippen LogP contribution >= 0.6 is 0 Å². The van der Waals surface area contributed by atoms with Crippen LogP contribution < -0.4 is 5.32 Å². The fourth-order valence-electron chi connectivity index (χ4n) is 1.58. The van der Waals surface area contributed by atoms with Crippen LogP contribution in [-0.2, 0) is 11.2 Å². The van der Waals surface area contributed by atoms with Gasteiger partial charge in [0.1, 0.15) is 0 Å². The van der Waals surface area contributed by atoms with Crippen molar-refractivity contribution in [3.63, 3.8) is 0 Å². The quantitative estimate of drug-likeness (QED) is 0.703. The van der Waals surface area contributed by atoms with E-state index in [-0.39, 0.29) is 6.42 Å². The number of halogens is 2. The second-order valence-electron chi connectivity index (χ2n) is 4.10. The third kappa shape index (κ3) is 5.72. The molecule has 0 atom stereocenters. The Bertz CT molecular complexity index is 397. The van der Waals surface area contributed by atoms with Crippen LogP contribution in [-0.4, -0.2) is 24.2 Å². The number of nitrogens with one attached hydrogen (secondary N) is 1. The molecule has 0 saturated heterocycles. The number of rotatable bonds is 8. The highest BCUT2D eigenvalue weighted by Gasteiger charge is 2.02. The van der Waals surface area contributed by atoms with Crippen LogP contribution in [0.3, 0.4) is 0 Å². The van der Waals surface area contributed by atoms with E-state index in [0.717, 1.165) is 24.6 Å². The lowest BCUT2D eigenvalue weighted by molar-refractivity contribution is -0.137. The molecule has 0 amide bonds. The summed E-state index contributed by atoms with van der Waals surface area (Å²) in [5, 5.41) is 11.6. The van der Waals surface area contributed by atoms with Gasteiger partial charge in [-0.2, -0.15) is 0 Å². The fourth-order valence-corrected chi connectivity index (χ4v) is 1.58. The molecule has 1 rings (SSSR count). The monoisotopic (exact) mass is 257 g/mol. The highest BCUT2D eigenvalue weighted by atomic mass is 19.2. The standard InChI is InChI=1S/C13H17F2NO2/c14-11-5-4-10(9-12(11)15)6-8-16-7-2-1-3-13(17)18/h4-5,9,16H,1-3,6-8H2,(H,17,18). The van der Waals surface area contributed by atoms with Crippen molar-refractivity contribution >= 4 is 5.97 Å². The number of benzene rings is 1. The predicted octanol–water partition coefficient (Wildman–Crippen LogP) is 2.35. The molecule has 1 aromatic rings. The lowest BCUT2D eigenvalue weighted by Gasteiger charge is -2.05. The van der Waals surface area contributed by atoms with Gasteiger partial charge >= 0.3 is 5.97 Å². The van der Waals surface area contributed by atoms with Crippen LogP contribution in [0.1, 0.15) is 24.8 Å². The number of carboxylic acids is 1. The van der Waals surface area contributed by atoms with E-state index in [2.05, 4.69) is 5.32 Å². The number of hydrogen-bond donors (Lipinski definition) is 2. The molecule has 100 valence electrons. The van der Waals surface area contributed by atoms with Crippen molar-refractivity contribution in [3.05, 3.63) is 35.4 Å². The summed E-state index contributed by atoms with van der Waals surface area (Å²) in [6.07, 6.45) is 2.25.